The molecule has 1 aromatic heterocycles. The van der Waals surface area contributed by atoms with Gasteiger partial charge in [0.15, 0.2) is 0 Å². The molecule has 2 aromatic carbocycles. The maximum absolute atomic E-state index is 12.7. The van der Waals surface area contributed by atoms with Crippen molar-refractivity contribution in [2.45, 2.75) is 19.1 Å². The fraction of sp³-hybridized carbons (Fsp3) is 0.211. The zero-order chi connectivity index (χ0) is 18.7. The summed E-state index contributed by atoms with van der Waals surface area (Å²) in [4.78, 5) is 12.1. The predicted octanol–water partition coefficient (Wildman–Crippen LogP) is 4.32. The number of methoxy groups -OCH3 is 1. The van der Waals surface area contributed by atoms with Crippen LogP contribution in [0.1, 0.15) is 16.7 Å². The average molecular weight is 363 g/mol. The van der Waals surface area contributed by atoms with Gasteiger partial charge in [0.1, 0.15) is 11.3 Å². The molecule has 3 aromatic rings. The summed E-state index contributed by atoms with van der Waals surface area (Å²) in [5, 5.41) is 3.42. The molecule has 0 fully saturated rings. The molecule has 0 unspecified atom stereocenters. The molecule has 7 heteroatoms. The number of ether oxygens (including phenoxy) is 1. The molecule has 3 rings (SSSR count). The first-order chi connectivity index (χ1) is 12.4. The van der Waals surface area contributed by atoms with E-state index in [4.69, 9.17) is 9.15 Å². The van der Waals surface area contributed by atoms with Gasteiger partial charge in [0, 0.05) is 23.6 Å². The third kappa shape index (κ3) is 3.99. The van der Waals surface area contributed by atoms with Gasteiger partial charge in [-0.3, -0.25) is 4.79 Å². The van der Waals surface area contributed by atoms with Crippen LogP contribution in [-0.2, 0) is 23.9 Å². The Hall–Kier alpha value is -2.96. The van der Waals surface area contributed by atoms with Gasteiger partial charge < -0.3 is 14.5 Å². The van der Waals surface area contributed by atoms with Gasteiger partial charge in [0.05, 0.1) is 25.4 Å². The second-order valence-corrected chi connectivity index (χ2v) is 5.77. The molecular weight excluding hydrogens is 347 g/mol. The van der Waals surface area contributed by atoms with Crippen molar-refractivity contribution in [3.63, 3.8) is 0 Å². The van der Waals surface area contributed by atoms with E-state index in [0.717, 1.165) is 17.5 Å². The Morgan fingerprint density at radius 2 is 2.00 bits per heavy atom. The van der Waals surface area contributed by atoms with Gasteiger partial charge in [-0.15, -0.1) is 0 Å². The van der Waals surface area contributed by atoms with E-state index in [-0.39, 0.29) is 18.9 Å². The topological polar surface area (TPSA) is 51.5 Å². The fourth-order valence-electron chi connectivity index (χ4n) is 2.62. The van der Waals surface area contributed by atoms with Gasteiger partial charge >= 0.3 is 6.18 Å². The molecule has 26 heavy (non-hydrogen) atoms. The van der Waals surface area contributed by atoms with Crippen LogP contribution in [0.25, 0.3) is 11.0 Å². The van der Waals surface area contributed by atoms with Crippen LogP contribution < -0.4 is 10.1 Å². The SMILES string of the molecule is COc1ccc2c(CC(=O)NCc3cccc(C(F)(F)F)c3)coc2c1. The van der Waals surface area contributed by atoms with Crippen LogP contribution in [-0.4, -0.2) is 13.0 Å². The van der Waals surface area contributed by atoms with Crippen molar-refractivity contribution in [1.82, 2.24) is 5.32 Å². The molecule has 0 bridgehead atoms. The van der Waals surface area contributed by atoms with Crippen LogP contribution in [0.2, 0.25) is 0 Å². The summed E-state index contributed by atoms with van der Waals surface area (Å²) in [6.07, 6.45) is -2.84. The quantitative estimate of drug-likeness (QED) is 0.735. The number of fused-ring (bicyclic) bond motifs is 1. The number of carbonyl (C=O) groups is 1. The molecule has 0 spiro atoms. The molecule has 0 aliphatic carbocycles. The Morgan fingerprint density at radius 1 is 1.19 bits per heavy atom. The van der Waals surface area contributed by atoms with Crippen LogP contribution in [0.5, 0.6) is 5.75 Å². The van der Waals surface area contributed by atoms with Crippen molar-refractivity contribution in [3.8, 4) is 5.75 Å². The van der Waals surface area contributed by atoms with Crippen LogP contribution in [0.3, 0.4) is 0 Å². The molecule has 0 aliphatic rings. The van der Waals surface area contributed by atoms with Crippen molar-refractivity contribution >= 4 is 16.9 Å². The Balaban J connectivity index is 1.65. The normalized spacial score (nSPS) is 11.5. The summed E-state index contributed by atoms with van der Waals surface area (Å²) < 4.78 is 48.7. The molecule has 1 N–H and O–H groups in total. The first-order valence-electron chi connectivity index (χ1n) is 7.84. The summed E-state index contributed by atoms with van der Waals surface area (Å²) in [5.41, 5.74) is 0.947. The van der Waals surface area contributed by atoms with E-state index in [2.05, 4.69) is 5.32 Å². The van der Waals surface area contributed by atoms with Crippen LogP contribution >= 0.6 is 0 Å². The number of hydrogen-bond acceptors (Lipinski definition) is 3. The highest BCUT2D eigenvalue weighted by Crippen LogP contribution is 2.29. The number of benzene rings is 2. The Labute approximate surface area is 147 Å². The van der Waals surface area contributed by atoms with Crippen LogP contribution in [0.15, 0.2) is 53.1 Å². The summed E-state index contributed by atoms with van der Waals surface area (Å²) in [7, 11) is 1.55. The van der Waals surface area contributed by atoms with Crippen molar-refractivity contribution in [2.24, 2.45) is 0 Å². The fourth-order valence-corrected chi connectivity index (χ4v) is 2.62. The van der Waals surface area contributed by atoms with E-state index in [1.54, 1.807) is 25.3 Å². The van der Waals surface area contributed by atoms with E-state index >= 15 is 0 Å². The molecule has 136 valence electrons. The van der Waals surface area contributed by atoms with E-state index in [0.29, 0.717) is 22.5 Å². The van der Waals surface area contributed by atoms with Gasteiger partial charge in [-0.25, -0.2) is 0 Å². The predicted molar refractivity (Wildman–Crippen MR) is 89.8 cm³/mol. The average Bonchev–Trinajstić information content (AvgIpc) is 3.01. The van der Waals surface area contributed by atoms with E-state index in [9.17, 15) is 18.0 Å². The van der Waals surface area contributed by atoms with Gasteiger partial charge in [0.2, 0.25) is 5.91 Å². The van der Waals surface area contributed by atoms with Gasteiger partial charge in [0.25, 0.3) is 0 Å². The van der Waals surface area contributed by atoms with Gasteiger partial charge in [-0.1, -0.05) is 12.1 Å². The Bertz CT molecular complexity index is 931. The molecule has 0 saturated heterocycles. The zero-order valence-corrected chi connectivity index (χ0v) is 13.9. The first kappa shape index (κ1) is 17.8. The number of nitrogens with one attached hydrogen (secondary N) is 1. The number of carbonyl (C=O) groups excluding carboxylic acids is 1. The van der Waals surface area contributed by atoms with E-state index in [1.807, 2.05) is 0 Å². The molecule has 4 nitrogen and oxygen atoms in total. The number of amides is 1. The lowest BCUT2D eigenvalue weighted by atomic mass is 10.1. The number of alkyl halides is 3. The van der Waals surface area contributed by atoms with Gasteiger partial charge in [-0.2, -0.15) is 13.2 Å². The number of hydrogen-bond donors (Lipinski definition) is 1. The molecule has 0 radical (unpaired) electrons. The molecule has 1 heterocycles. The number of rotatable bonds is 5. The van der Waals surface area contributed by atoms with Gasteiger partial charge in [-0.05, 0) is 29.8 Å². The monoisotopic (exact) mass is 363 g/mol. The standard InChI is InChI=1S/C19H16F3NO3/c1-25-15-5-6-16-13(11-26-17(16)9-15)8-18(24)23-10-12-3-2-4-14(7-12)19(20,21)22/h2-7,9,11H,8,10H2,1H3,(H,23,24). The maximum atomic E-state index is 12.7. The van der Waals surface area contributed by atoms with Crippen molar-refractivity contribution in [3.05, 3.63) is 65.4 Å². The molecular formula is C19H16F3NO3. The molecule has 1 amide bonds. The lowest BCUT2D eigenvalue weighted by Gasteiger charge is -2.09. The lowest BCUT2D eigenvalue weighted by Crippen LogP contribution is -2.24. The maximum Gasteiger partial charge on any atom is 0.416 e. The Kier molecular flexibility index (Phi) is 4.88. The minimum absolute atomic E-state index is 0.0202. The second kappa shape index (κ2) is 7.11. The zero-order valence-electron chi connectivity index (χ0n) is 13.9. The highest BCUT2D eigenvalue weighted by atomic mass is 19.4. The molecule has 0 saturated carbocycles. The third-order valence-electron chi connectivity index (χ3n) is 3.96. The largest absolute Gasteiger partial charge is 0.497 e. The van der Waals surface area contributed by atoms with E-state index in [1.165, 1.54) is 18.4 Å². The smallest absolute Gasteiger partial charge is 0.416 e. The van der Waals surface area contributed by atoms with Crippen molar-refractivity contribution in [1.29, 1.82) is 0 Å². The molecule has 0 aliphatic heterocycles. The highest BCUT2D eigenvalue weighted by Gasteiger charge is 2.30. The summed E-state index contributed by atoms with van der Waals surface area (Å²) in [6, 6.07) is 10.2. The van der Waals surface area contributed by atoms with Crippen LogP contribution in [0, 0.1) is 0 Å². The second-order valence-electron chi connectivity index (χ2n) is 5.77. The third-order valence-corrected chi connectivity index (χ3v) is 3.96. The minimum atomic E-state index is -4.41. The molecule has 0 atom stereocenters. The Morgan fingerprint density at radius 3 is 2.73 bits per heavy atom. The summed E-state index contributed by atoms with van der Waals surface area (Å²) >= 11 is 0. The summed E-state index contributed by atoms with van der Waals surface area (Å²) in [5.74, 6) is 0.341. The number of furan rings is 1. The van der Waals surface area contributed by atoms with Crippen LogP contribution in [0.4, 0.5) is 13.2 Å². The van der Waals surface area contributed by atoms with Crippen molar-refractivity contribution < 1.29 is 27.1 Å². The summed E-state index contributed by atoms with van der Waals surface area (Å²) in [6.45, 7) is 0.0202. The highest BCUT2D eigenvalue weighted by molar-refractivity contribution is 5.88. The van der Waals surface area contributed by atoms with Crippen molar-refractivity contribution in [2.75, 3.05) is 7.11 Å². The van der Waals surface area contributed by atoms with E-state index < -0.39 is 11.7 Å². The lowest BCUT2D eigenvalue weighted by molar-refractivity contribution is -0.137. The minimum Gasteiger partial charge on any atom is -0.497 e. The first-order valence-corrected chi connectivity index (χ1v) is 7.84. The number of halogens is 3.